The van der Waals surface area contributed by atoms with E-state index in [2.05, 4.69) is 0 Å². The largest absolute Gasteiger partial charge is 0.497 e. The number of methoxy groups -OCH3 is 1. The van der Waals surface area contributed by atoms with E-state index in [1.165, 1.54) is 12.1 Å². The first kappa shape index (κ1) is 16.5. The van der Waals surface area contributed by atoms with Crippen LogP contribution in [0.15, 0.2) is 48.5 Å². The van der Waals surface area contributed by atoms with Gasteiger partial charge in [0.15, 0.2) is 0 Å². The van der Waals surface area contributed by atoms with E-state index in [0.717, 1.165) is 16.9 Å². The Morgan fingerprint density at radius 1 is 1.17 bits per heavy atom. The first-order chi connectivity index (χ1) is 11.6. The quantitative estimate of drug-likeness (QED) is 0.818. The van der Waals surface area contributed by atoms with Crippen LogP contribution in [-0.4, -0.2) is 37.1 Å². The topological polar surface area (TPSA) is 38.8 Å². The van der Waals surface area contributed by atoms with E-state index in [1.54, 1.807) is 18.1 Å². The van der Waals surface area contributed by atoms with Crippen molar-refractivity contribution < 1.29 is 18.7 Å². The fraction of sp³-hybridized carbons (Fsp3) is 0.316. The Morgan fingerprint density at radius 2 is 1.92 bits per heavy atom. The molecule has 1 aliphatic heterocycles. The van der Waals surface area contributed by atoms with Crippen molar-refractivity contribution in [2.75, 3.05) is 20.2 Å². The number of carbonyl (C=O) groups excluding carboxylic acids is 1. The third-order valence-corrected chi connectivity index (χ3v) is 4.09. The number of halogens is 1. The van der Waals surface area contributed by atoms with E-state index in [4.69, 9.17) is 9.47 Å². The molecule has 3 rings (SSSR count). The molecular formula is C19H20FNO3. The number of carbonyl (C=O) groups is 1. The lowest BCUT2D eigenvalue weighted by Gasteiger charge is -2.39. The van der Waals surface area contributed by atoms with E-state index in [0.29, 0.717) is 26.1 Å². The number of rotatable bonds is 6. The summed E-state index contributed by atoms with van der Waals surface area (Å²) in [5, 5.41) is 0. The van der Waals surface area contributed by atoms with Gasteiger partial charge in [-0.25, -0.2) is 4.39 Å². The van der Waals surface area contributed by atoms with E-state index in [-0.39, 0.29) is 17.8 Å². The Labute approximate surface area is 140 Å². The fourth-order valence-corrected chi connectivity index (χ4v) is 2.62. The molecule has 1 aliphatic rings. The van der Waals surface area contributed by atoms with Crippen molar-refractivity contribution in [3.05, 3.63) is 65.5 Å². The van der Waals surface area contributed by atoms with E-state index in [9.17, 15) is 9.18 Å². The molecule has 0 unspecified atom stereocenters. The van der Waals surface area contributed by atoms with Gasteiger partial charge >= 0.3 is 0 Å². The van der Waals surface area contributed by atoms with Crippen LogP contribution in [0.2, 0.25) is 0 Å². The van der Waals surface area contributed by atoms with Crippen molar-refractivity contribution in [1.29, 1.82) is 0 Å². The number of likely N-dealkylation sites (tertiary alicyclic amines) is 1. The summed E-state index contributed by atoms with van der Waals surface area (Å²) in [6.45, 7) is 1.54. The van der Waals surface area contributed by atoms with Gasteiger partial charge in [-0.2, -0.15) is 0 Å². The molecule has 0 N–H and O–H groups in total. The van der Waals surface area contributed by atoms with E-state index in [1.807, 2.05) is 30.3 Å². The third-order valence-electron chi connectivity index (χ3n) is 4.09. The number of benzene rings is 2. The second-order valence-corrected chi connectivity index (χ2v) is 5.89. The molecule has 24 heavy (non-hydrogen) atoms. The van der Waals surface area contributed by atoms with Crippen LogP contribution in [-0.2, 0) is 22.6 Å². The van der Waals surface area contributed by atoms with Crippen LogP contribution in [0.5, 0.6) is 5.75 Å². The zero-order chi connectivity index (χ0) is 16.9. The lowest BCUT2D eigenvalue weighted by Crippen LogP contribution is -2.55. The molecule has 0 atom stereocenters. The number of hydrogen-bond donors (Lipinski definition) is 0. The number of amides is 1. The van der Waals surface area contributed by atoms with Crippen molar-refractivity contribution in [2.45, 2.75) is 19.1 Å². The van der Waals surface area contributed by atoms with Crippen LogP contribution in [0.25, 0.3) is 0 Å². The fourth-order valence-electron chi connectivity index (χ4n) is 2.62. The van der Waals surface area contributed by atoms with Gasteiger partial charge in [0.1, 0.15) is 11.6 Å². The Balaban J connectivity index is 1.41. The standard InChI is InChI=1S/C19H20FNO3/c1-23-17-7-5-14(6-8-17)10-19(22)21-11-18(12-21)24-13-15-3-2-4-16(20)9-15/h2-9,18H,10-13H2,1H3. The molecule has 0 saturated carbocycles. The summed E-state index contributed by atoms with van der Waals surface area (Å²) >= 11 is 0. The van der Waals surface area contributed by atoms with Crippen LogP contribution in [0.3, 0.4) is 0 Å². The van der Waals surface area contributed by atoms with Gasteiger partial charge < -0.3 is 14.4 Å². The van der Waals surface area contributed by atoms with Crippen molar-refractivity contribution >= 4 is 5.91 Å². The Kier molecular flexibility index (Phi) is 5.11. The zero-order valence-corrected chi connectivity index (χ0v) is 13.6. The van der Waals surface area contributed by atoms with Gasteiger partial charge in [-0.05, 0) is 35.4 Å². The average molecular weight is 329 g/mol. The monoisotopic (exact) mass is 329 g/mol. The van der Waals surface area contributed by atoms with Gasteiger partial charge in [0, 0.05) is 13.1 Å². The van der Waals surface area contributed by atoms with Crippen LogP contribution < -0.4 is 4.74 Å². The lowest BCUT2D eigenvalue weighted by molar-refractivity contribution is -0.145. The van der Waals surface area contributed by atoms with Crippen molar-refractivity contribution in [2.24, 2.45) is 0 Å². The van der Waals surface area contributed by atoms with Gasteiger partial charge in [-0.1, -0.05) is 24.3 Å². The molecule has 2 aromatic rings. The molecule has 0 aromatic heterocycles. The molecule has 1 heterocycles. The summed E-state index contributed by atoms with van der Waals surface area (Å²) in [6, 6.07) is 13.9. The minimum atomic E-state index is -0.263. The minimum absolute atomic E-state index is 0.0214. The maximum absolute atomic E-state index is 13.1. The maximum Gasteiger partial charge on any atom is 0.227 e. The summed E-state index contributed by atoms with van der Waals surface area (Å²) in [5.41, 5.74) is 1.77. The molecule has 126 valence electrons. The molecule has 0 bridgehead atoms. The highest BCUT2D eigenvalue weighted by molar-refractivity contribution is 5.79. The van der Waals surface area contributed by atoms with Crippen LogP contribution in [0.1, 0.15) is 11.1 Å². The highest BCUT2D eigenvalue weighted by atomic mass is 19.1. The molecule has 1 amide bonds. The molecule has 1 fully saturated rings. The predicted molar refractivity (Wildman–Crippen MR) is 88.3 cm³/mol. The predicted octanol–water partition coefficient (Wildman–Crippen LogP) is 2.80. The van der Waals surface area contributed by atoms with E-state index < -0.39 is 0 Å². The molecular weight excluding hydrogens is 309 g/mol. The average Bonchev–Trinajstić information content (AvgIpc) is 2.54. The number of hydrogen-bond acceptors (Lipinski definition) is 3. The summed E-state index contributed by atoms with van der Waals surface area (Å²) in [4.78, 5) is 14.0. The second kappa shape index (κ2) is 7.45. The molecule has 0 aliphatic carbocycles. The van der Waals surface area contributed by atoms with Crippen LogP contribution in [0, 0.1) is 5.82 Å². The van der Waals surface area contributed by atoms with Gasteiger partial charge in [-0.15, -0.1) is 0 Å². The second-order valence-electron chi connectivity index (χ2n) is 5.89. The van der Waals surface area contributed by atoms with Crippen LogP contribution >= 0.6 is 0 Å². The summed E-state index contributed by atoms with van der Waals surface area (Å²) in [5.74, 6) is 0.604. The number of nitrogens with zero attached hydrogens (tertiary/aromatic N) is 1. The molecule has 5 heteroatoms. The first-order valence-electron chi connectivity index (χ1n) is 7.91. The first-order valence-corrected chi connectivity index (χ1v) is 7.91. The van der Waals surface area contributed by atoms with Crippen molar-refractivity contribution in [3.63, 3.8) is 0 Å². The van der Waals surface area contributed by atoms with Crippen molar-refractivity contribution in [1.82, 2.24) is 4.90 Å². The molecule has 1 saturated heterocycles. The molecule has 4 nitrogen and oxygen atoms in total. The number of ether oxygens (including phenoxy) is 2. The minimum Gasteiger partial charge on any atom is -0.497 e. The SMILES string of the molecule is COc1ccc(CC(=O)N2CC(OCc3cccc(F)c3)C2)cc1. The Morgan fingerprint density at radius 3 is 2.58 bits per heavy atom. The van der Waals surface area contributed by atoms with Crippen molar-refractivity contribution in [3.8, 4) is 5.75 Å². The summed E-state index contributed by atoms with van der Waals surface area (Å²) in [6.07, 6.45) is 0.397. The third kappa shape index (κ3) is 4.11. The molecule has 0 radical (unpaired) electrons. The Bertz CT molecular complexity index is 696. The highest BCUT2D eigenvalue weighted by Gasteiger charge is 2.31. The zero-order valence-electron chi connectivity index (χ0n) is 13.6. The van der Waals surface area contributed by atoms with Gasteiger partial charge in [0.2, 0.25) is 5.91 Å². The lowest BCUT2D eigenvalue weighted by atomic mass is 10.1. The Hall–Kier alpha value is -2.40. The molecule has 0 spiro atoms. The summed E-state index contributed by atoms with van der Waals surface area (Å²) < 4.78 is 23.9. The maximum atomic E-state index is 13.1. The molecule has 2 aromatic carbocycles. The normalized spacial score (nSPS) is 14.3. The van der Waals surface area contributed by atoms with Gasteiger partial charge in [0.25, 0.3) is 0 Å². The van der Waals surface area contributed by atoms with Crippen LogP contribution in [0.4, 0.5) is 4.39 Å². The van der Waals surface area contributed by atoms with Gasteiger partial charge in [0.05, 0.1) is 26.2 Å². The van der Waals surface area contributed by atoms with Gasteiger partial charge in [-0.3, -0.25) is 4.79 Å². The summed E-state index contributed by atoms with van der Waals surface area (Å²) in [7, 11) is 1.62. The van der Waals surface area contributed by atoms with E-state index >= 15 is 0 Å². The highest BCUT2D eigenvalue weighted by Crippen LogP contribution is 2.17. The smallest absolute Gasteiger partial charge is 0.227 e.